The predicted octanol–water partition coefficient (Wildman–Crippen LogP) is 1.41. The van der Waals surface area contributed by atoms with E-state index in [0.29, 0.717) is 31.0 Å². The maximum absolute atomic E-state index is 12.2. The van der Waals surface area contributed by atoms with Gasteiger partial charge in [0, 0.05) is 19.6 Å². The lowest BCUT2D eigenvalue weighted by Gasteiger charge is -2.15. The molecule has 1 amide bonds. The third kappa shape index (κ3) is 3.53. The summed E-state index contributed by atoms with van der Waals surface area (Å²) in [5.41, 5.74) is 4.04. The van der Waals surface area contributed by atoms with Crippen molar-refractivity contribution in [3.05, 3.63) is 64.9 Å². The van der Waals surface area contributed by atoms with Gasteiger partial charge in [-0.25, -0.2) is 9.97 Å². The van der Waals surface area contributed by atoms with Gasteiger partial charge in [-0.2, -0.15) is 15.2 Å². The van der Waals surface area contributed by atoms with E-state index in [1.807, 2.05) is 19.1 Å². The fraction of sp³-hybridized carbons (Fsp3) is 0.263. The highest BCUT2D eigenvalue weighted by molar-refractivity contribution is 5.91. The number of amides is 1. The first-order valence-electron chi connectivity index (χ1n) is 8.92. The summed E-state index contributed by atoms with van der Waals surface area (Å²) >= 11 is 0. The molecule has 1 aliphatic heterocycles. The zero-order valence-electron chi connectivity index (χ0n) is 15.3. The Labute approximate surface area is 161 Å². The fourth-order valence-corrected chi connectivity index (χ4v) is 3.09. The van der Waals surface area contributed by atoms with Crippen LogP contribution < -0.4 is 10.2 Å². The van der Waals surface area contributed by atoms with E-state index in [1.54, 1.807) is 6.20 Å². The smallest absolute Gasteiger partial charge is 0.273 e. The predicted molar refractivity (Wildman–Crippen MR) is 99.9 cm³/mol. The quantitative estimate of drug-likeness (QED) is 0.718. The van der Waals surface area contributed by atoms with E-state index < -0.39 is 0 Å². The molecule has 0 unspecified atom stereocenters. The Bertz CT molecular complexity index is 1050. The first-order valence-corrected chi connectivity index (χ1v) is 8.92. The summed E-state index contributed by atoms with van der Waals surface area (Å²) in [6, 6.07) is 8.15. The van der Waals surface area contributed by atoms with Gasteiger partial charge in [0.05, 0.1) is 25.1 Å². The highest BCUT2D eigenvalue weighted by atomic mass is 16.2. The van der Waals surface area contributed by atoms with E-state index in [-0.39, 0.29) is 5.91 Å². The number of anilines is 1. The maximum atomic E-state index is 12.2. The number of carbonyl (C=O) groups excluding carboxylic acids is 1. The Hall–Kier alpha value is -3.80. The van der Waals surface area contributed by atoms with Crippen molar-refractivity contribution in [2.75, 3.05) is 4.90 Å². The van der Waals surface area contributed by atoms with Crippen molar-refractivity contribution in [1.82, 2.24) is 30.3 Å². The number of aromatic nitrogens is 5. The summed E-state index contributed by atoms with van der Waals surface area (Å²) in [5, 5.41) is 19.8. The number of nitrogens with zero attached hydrogens (tertiary/aromatic N) is 7. The second-order valence-corrected chi connectivity index (χ2v) is 6.43. The Kier molecular flexibility index (Phi) is 4.68. The molecule has 9 heteroatoms. The van der Waals surface area contributed by atoms with E-state index in [1.165, 1.54) is 28.3 Å². The SMILES string of the molecule is CCn1ncc(C(=O)NCc2ccc3c(c2)CN(c2cnc(C#N)cn2)C3)n1. The minimum Gasteiger partial charge on any atom is -0.347 e. The van der Waals surface area contributed by atoms with Crippen LogP contribution in [0.15, 0.2) is 36.8 Å². The van der Waals surface area contributed by atoms with Gasteiger partial charge in [0.25, 0.3) is 5.91 Å². The molecule has 4 rings (SSSR count). The van der Waals surface area contributed by atoms with Crippen LogP contribution in [0.5, 0.6) is 0 Å². The fourth-order valence-electron chi connectivity index (χ4n) is 3.09. The van der Waals surface area contributed by atoms with Crippen LogP contribution in [0, 0.1) is 11.3 Å². The minimum absolute atomic E-state index is 0.241. The summed E-state index contributed by atoms with van der Waals surface area (Å²) in [4.78, 5) is 24.2. The number of benzene rings is 1. The lowest BCUT2D eigenvalue weighted by molar-refractivity contribution is 0.0945. The van der Waals surface area contributed by atoms with Crippen LogP contribution in [0.2, 0.25) is 0 Å². The van der Waals surface area contributed by atoms with Crippen molar-refractivity contribution in [1.29, 1.82) is 5.26 Å². The number of carbonyl (C=O) groups is 1. The minimum atomic E-state index is -0.241. The van der Waals surface area contributed by atoms with Gasteiger partial charge in [-0.3, -0.25) is 4.79 Å². The molecule has 0 aliphatic carbocycles. The van der Waals surface area contributed by atoms with E-state index in [0.717, 1.165) is 17.9 Å². The molecule has 0 radical (unpaired) electrons. The van der Waals surface area contributed by atoms with Gasteiger partial charge in [0.2, 0.25) is 0 Å². The molecule has 0 saturated carbocycles. The summed E-state index contributed by atoms with van der Waals surface area (Å²) in [6.45, 7) is 4.41. The number of nitrogens with one attached hydrogen (secondary N) is 1. The van der Waals surface area contributed by atoms with Gasteiger partial charge < -0.3 is 10.2 Å². The molecule has 0 fully saturated rings. The normalized spacial score (nSPS) is 12.5. The Morgan fingerprint density at radius 1 is 1.21 bits per heavy atom. The molecule has 0 spiro atoms. The molecule has 0 bridgehead atoms. The number of aryl methyl sites for hydroxylation is 1. The van der Waals surface area contributed by atoms with E-state index in [2.05, 4.69) is 42.5 Å². The van der Waals surface area contributed by atoms with Crippen molar-refractivity contribution < 1.29 is 4.79 Å². The largest absolute Gasteiger partial charge is 0.347 e. The van der Waals surface area contributed by atoms with Gasteiger partial charge in [-0.1, -0.05) is 18.2 Å². The highest BCUT2D eigenvalue weighted by Crippen LogP contribution is 2.27. The van der Waals surface area contributed by atoms with Crippen molar-refractivity contribution in [3.8, 4) is 6.07 Å². The number of rotatable bonds is 5. The third-order valence-electron chi connectivity index (χ3n) is 4.57. The van der Waals surface area contributed by atoms with Crippen LogP contribution in [-0.2, 0) is 26.2 Å². The lowest BCUT2D eigenvalue weighted by Crippen LogP contribution is -2.23. The Morgan fingerprint density at radius 2 is 2.07 bits per heavy atom. The maximum Gasteiger partial charge on any atom is 0.273 e. The molecule has 0 atom stereocenters. The second kappa shape index (κ2) is 7.44. The van der Waals surface area contributed by atoms with Crippen LogP contribution in [0.4, 0.5) is 5.82 Å². The number of hydrogen-bond acceptors (Lipinski definition) is 7. The number of fused-ring (bicyclic) bond motifs is 1. The highest BCUT2D eigenvalue weighted by Gasteiger charge is 2.21. The zero-order chi connectivity index (χ0) is 19.5. The van der Waals surface area contributed by atoms with E-state index in [9.17, 15) is 4.79 Å². The molecular weight excluding hydrogens is 356 g/mol. The molecule has 2 aromatic heterocycles. The van der Waals surface area contributed by atoms with E-state index in [4.69, 9.17) is 5.26 Å². The molecule has 3 aromatic rings. The van der Waals surface area contributed by atoms with Gasteiger partial charge in [-0.15, -0.1) is 5.10 Å². The standard InChI is InChI=1S/C19H18N8O/c1-2-27-24-9-17(25-27)19(28)23-7-13-3-4-14-11-26(12-15(14)5-13)18-10-21-16(6-20)8-22-18/h3-5,8-10H,2,7,11-12H2,1H3,(H,23,28). The molecule has 0 saturated heterocycles. The van der Waals surface area contributed by atoms with Crippen molar-refractivity contribution >= 4 is 11.7 Å². The average Bonchev–Trinajstić information content (AvgIpc) is 3.38. The van der Waals surface area contributed by atoms with Crippen LogP contribution in [0.1, 0.15) is 39.8 Å². The van der Waals surface area contributed by atoms with Crippen LogP contribution in [-0.4, -0.2) is 30.9 Å². The molecule has 1 aromatic carbocycles. The number of nitriles is 1. The summed E-state index contributed by atoms with van der Waals surface area (Å²) in [7, 11) is 0. The summed E-state index contributed by atoms with van der Waals surface area (Å²) in [6.07, 6.45) is 4.57. The molecule has 1 N–H and O–H groups in total. The topological polar surface area (TPSA) is 113 Å². The van der Waals surface area contributed by atoms with Crippen molar-refractivity contribution in [2.24, 2.45) is 0 Å². The molecule has 9 nitrogen and oxygen atoms in total. The van der Waals surface area contributed by atoms with Crippen molar-refractivity contribution in [3.63, 3.8) is 0 Å². The summed E-state index contributed by atoms with van der Waals surface area (Å²) < 4.78 is 0. The van der Waals surface area contributed by atoms with Gasteiger partial charge >= 0.3 is 0 Å². The van der Waals surface area contributed by atoms with Crippen LogP contribution in [0.25, 0.3) is 0 Å². The van der Waals surface area contributed by atoms with Gasteiger partial charge in [0.1, 0.15) is 11.9 Å². The van der Waals surface area contributed by atoms with E-state index >= 15 is 0 Å². The first-order chi connectivity index (χ1) is 13.7. The van der Waals surface area contributed by atoms with Gasteiger partial charge in [-0.05, 0) is 23.6 Å². The number of hydrogen-bond donors (Lipinski definition) is 1. The Balaban J connectivity index is 1.40. The van der Waals surface area contributed by atoms with Crippen LogP contribution in [0.3, 0.4) is 0 Å². The second-order valence-electron chi connectivity index (χ2n) is 6.43. The van der Waals surface area contributed by atoms with Crippen molar-refractivity contribution in [2.45, 2.75) is 33.1 Å². The Morgan fingerprint density at radius 3 is 2.79 bits per heavy atom. The summed E-state index contributed by atoms with van der Waals surface area (Å²) in [5.74, 6) is 0.499. The molecule has 1 aliphatic rings. The molecule has 140 valence electrons. The first kappa shape index (κ1) is 17.6. The average molecular weight is 374 g/mol. The molecular formula is C19H18N8O. The molecule has 28 heavy (non-hydrogen) atoms. The third-order valence-corrected chi connectivity index (χ3v) is 4.57. The monoisotopic (exact) mass is 374 g/mol. The van der Waals surface area contributed by atoms with Crippen LogP contribution >= 0.6 is 0 Å². The van der Waals surface area contributed by atoms with Gasteiger partial charge in [0.15, 0.2) is 11.4 Å². The zero-order valence-corrected chi connectivity index (χ0v) is 15.3. The lowest BCUT2D eigenvalue weighted by atomic mass is 10.1. The molecule has 3 heterocycles.